The summed E-state index contributed by atoms with van der Waals surface area (Å²) in [6.45, 7) is 2.61. The Labute approximate surface area is 160 Å². The lowest BCUT2D eigenvalue weighted by Crippen LogP contribution is -2.50. The number of anilines is 1. The van der Waals surface area contributed by atoms with Gasteiger partial charge >= 0.3 is 6.03 Å². The second-order valence-electron chi connectivity index (χ2n) is 8.12. The second-order valence-corrected chi connectivity index (χ2v) is 8.12. The van der Waals surface area contributed by atoms with Crippen LogP contribution in [0.5, 0.6) is 0 Å². The van der Waals surface area contributed by atoms with E-state index in [9.17, 15) is 14.4 Å². The van der Waals surface area contributed by atoms with Gasteiger partial charge in [-0.1, -0.05) is 44.4 Å². The summed E-state index contributed by atoms with van der Waals surface area (Å²) in [6, 6.07) is 7.57. The number of para-hydroxylation sites is 1. The molecule has 6 heteroatoms. The van der Waals surface area contributed by atoms with E-state index in [2.05, 4.69) is 13.0 Å². The van der Waals surface area contributed by atoms with Gasteiger partial charge in [-0.05, 0) is 36.8 Å². The highest BCUT2D eigenvalue weighted by atomic mass is 16.2. The van der Waals surface area contributed by atoms with E-state index in [1.165, 1.54) is 4.90 Å². The summed E-state index contributed by atoms with van der Waals surface area (Å²) in [6.07, 6.45) is 5.27. The van der Waals surface area contributed by atoms with Crippen molar-refractivity contribution in [3.8, 4) is 0 Å². The van der Waals surface area contributed by atoms with Crippen LogP contribution in [0, 0.1) is 0 Å². The van der Waals surface area contributed by atoms with Gasteiger partial charge in [-0.3, -0.25) is 14.5 Å². The minimum atomic E-state index is -0.732. The van der Waals surface area contributed by atoms with Crippen molar-refractivity contribution in [2.45, 2.75) is 56.9 Å². The summed E-state index contributed by atoms with van der Waals surface area (Å²) < 4.78 is 0. The topological polar surface area (TPSA) is 60.9 Å². The van der Waals surface area contributed by atoms with Crippen LogP contribution in [-0.4, -0.2) is 53.3 Å². The Morgan fingerprint density at radius 3 is 2.59 bits per heavy atom. The summed E-state index contributed by atoms with van der Waals surface area (Å²) in [5.41, 5.74) is 1.32. The lowest BCUT2D eigenvalue weighted by Gasteiger charge is -2.36. The zero-order chi connectivity index (χ0) is 19.2. The quantitative estimate of drug-likeness (QED) is 0.753. The predicted octanol–water partition coefficient (Wildman–Crippen LogP) is 3.12. The minimum Gasteiger partial charge on any atom is -0.313 e. The fourth-order valence-corrected chi connectivity index (χ4v) is 4.90. The monoisotopic (exact) mass is 369 g/mol. The van der Waals surface area contributed by atoms with Gasteiger partial charge in [0.25, 0.3) is 5.91 Å². The molecule has 2 aliphatic heterocycles. The number of fused-ring (bicyclic) bond motifs is 1. The lowest BCUT2D eigenvalue weighted by atomic mass is 9.81. The van der Waals surface area contributed by atoms with E-state index in [1.54, 1.807) is 16.8 Å². The number of nitrogens with zero attached hydrogens (tertiary/aromatic N) is 3. The Balaban J connectivity index is 1.56. The van der Waals surface area contributed by atoms with Crippen LogP contribution < -0.4 is 4.90 Å². The number of likely N-dealkylation sites (N-methyl/N-ethyl adjacent to an activating group) is 1. The van der Waals surface area contributed by atoms with Crippen LogP contribution >= 0.6 is 0 Å². The number of amides is 4. The maximum Gasteiger partial charge on any atom is 0.327 e. The van der Waals surface area contributed by atoms with Gasteiger partial charge in [0, 0.05) is 19.3 Å². The van der Waals surface area contributed by atoms with Crippen LogP contribution in [0.4, 0.5) is 10.5 Å². The van der Waals surface area contributed by atoms with Crippen molar-refractivity contribution in [1.29, 1.82) is 0 Å². The summed E-state index contributed by atoms with van der Waals surface area (Å²) in [5, 5.41) is 0. The molecule has 1 saturated heterocycles. The first-order chi connectivity index (χ1) is 13.0. The highest BCUT2D eigenvalue weighted by Gasteiger charge is 2.56. The van der Waals surface area contributed by atoms with Crippen LogP contribution in [0.25, 0.3) is 0 Å². The largest absolute Gasteiger partial charge is 0.327 e. The molecule has 1 spiro atoms. The number of urea groups is 1. The van der Waals surface area contributed by atoms with Crippen molar-refractivity contribution < 1.29 is 14.4 Å². The fraction of sp³-hybridized carbons (Fsp3) is 0.571. The van der Waals surface area contributed by atoms with E-state index in [1.807, 2.05) is 18.2 Å². The number of hydrogen-bond donors (Lipinski definition) is 0. The zero-order valence-electron chi connectivity index (χ0n) is 16.1. The molecule has 2 heterocycles. The number of rotatable bonds is 2. The first-order valence-electron chi connectivity index (χ1n) is 9.95. The standard InChI is InChI=1S/C21H27N3O3/c1-15-10-13-23(17-9-5-4-8-16(15)17)18(25)14-24-19(26)21(22(2)20(24)27)11-6-3-7-12-21/h4-5,8-9,15H,3,6-7,10-14H2,1-2H3. The summed E-state index contributed by atoms with van der Waals surface area (Å²) in [5.74, 6) is 0.0240. The summed E-state index contributed by atoms with van der Waals surface area (Å²) in [7, 11) is 1.70. The van der Waals surface area contributed by atoms with Crippen molar-refractivity contribution in [3.05, 3.63) is 29.8 Å². The van der Waals surface area contributed by atoms with Gasteiger partial charge in [-0.25, -0.2) is 4.79 Å². The number of carbonyl (C=O) groups is 3. The number of carbonyl (C=O) groups excluding carboxylic acids is 3. The molecule has 3 aliphatic rings. The van der Waals surface area contributed by atoms with E-state index in [0.717, 1.165) is 36.9 Å². The average Bonchev–Trinajstić information content (AvgIpc) is 2.85. The molecule has 1 aromatic carbocycles. The number of benzene rings is 1. The van der Waals surface area contributed by atoms with Crippen molar-refractivity contribution in [3.63, 3.8) is 0 Å². The lowest BCUT2D eigenvalue weighted by molar-refractivity contribution is -0.136. The third kappa shape index (κ3) is 2.73. The van der Waals surface area contributed by atoms with E-state index in [0.29, 0.717) is 25.3 Å². The smallest absolute Gasteiger partial charge is 0.313 e. The van der Waals surface area contributed by atoms with E-state index < -0.39 is 5.54 Å². The van der Waals surface area contributed by atoms with Crippen molar-refractivity contribution in [1.82, 2.24) is 9.80 Å². The Kier molecular flexibility index (Phi) is 4.44. The molecule has 4 amide bonds. The molecular weight excluding hydrogens is 342 g/mol. The van der Waals surface area contributed by atoms with Crippen LogP contribution in [0.1, 0.15) is 56.9 Å². The Hall–Kier alpha value is -2.37. The molecule has 1 unspecified atom stereocenters. The molecule has 1 atom stereocenters. The van der Waals surface area contributed by atoms with Gasteiger partial charge < -0.3 is 9.80 Å². The minimum absolute atomic E-state index is 0.174. The molecule has 6 nitrogen and oxygen atoms in total. The van der Waals surface area contributed by atoms with Crippen LogP contribution in [0.3, 0.4) is 0 Å². The van der Waals surface area contributed by atoms with Crippen molar-refractivity contribution >= 4 is 23.5 Å². The van der Waals surface area contributed by atoms with Gasteiger partial charge in [0.05, 0.1) is 0 Å². The first kappa shape index (κ1) is 18.0. The highest BCUT2D eigenvalue weighted by Crippen LogP contribution is 2.40. The average molecular weight is 369 g/mol. The summed E-state index contributed by atoms with van der Waals surface area (Å²) in [4.78, 5) is 43.4. The third-order valence-electron chi connectivity index (χ3n) is 6.62. The molecule has 144 valence electrons. The Bertz CT molecular complexity index is 785. The zero-order valence-corrected chi connectivity index (χ0v) is 16.1. The molecule has 27 heavy (non-hydrogen) atoms. The van der Waals surface area contributed by atoms with E-state index >= 15 is 0 Å². The maximum absolute atomic E-state index is 13.1. The Morgan fingerprint density at radius 2 is 1.85 bits per heavy atom. The molecular formula is C21H27N3O3. The van der Waals surface area contributed by atoms with E-state index in [-0.39, 0.29) is 24.4 Å². The molecule has 1 aromatic rings. The first-order valence-corrected chi connectivity index (χ1v) is 9.95. The van der Waals surface area contributed by atoms with Gasteiger partial charge in [-0.15, -0.1) is 0 Å². The summed E-state index contributed by atoms with van der Waals surface area (Å²) >= 11 is 0. The van der Waals surface area contributed by atoms with Gasteiger partial charge in [0.1, 0.15) is 12.1 Å². The highest BCUT2D eigenvalue weighted by molar-refractivity contribution is 6.10. The molecule has 0 radical (unpaired) electrons. The van der Waals surface area contributed by atoms with E-state index in [4.69, 9.17) is 0 Å². The third-order valence-corrected chi connectivity index (χ3v) is 6.62. The second kappa shape index (κ2) is 6.66. The van der Waals surface area contributed by atoms with Gasteiger partial charge in [0.15, 0.2) is 0 Å². The number of hydrogen-bond acceptors (Lipinski definition) is 3. The molecule has 1 saturated carbocycles. The van der Waals surface area contributed by atoms with Crippen LogP contribution in [0.2, 0.25) is 0 Å². The maximum atomic E-state index is 13.1. The van der Waals surface area contributed by atoms with Crippen molar-refractivity contribution in [2.75, 3.05) is 25.0 Å². The molecule has 2 fully saturated rings. The van der Waals surface area contributed by atoms with Gasteiger partial charge in [-0.2, -0.15) is 0 Å². The molecule has 4 rings (SSSR count). The molecule has 1 aliphatic carbocycles. The fourth-order valence-electron chi connectivity index (χ4n) is 4.90. The normalized spacial score (nSPS) is 24.5. The van der Waals surface area contributed by atoms with Crippen molar-refractivity contribution in [2.24, 2.45) is 0 Å². The molecule has 0 N–H and O–H groups in total. The molecule has 0 aromatic heterocycles. The van der Waals surface area contributed by atoms with Crippen LogP contribution in [-0.2, 0) is 9.59 Å². The molecule has 0 bridgehead atoms. The predicted molar refractivity (Wildman–Crippen MR) is 103 cm³/mol. The van der Waals surface area contributed by atoms with Crippen LogP contribution in [0.15, 0.2) is 24.3 Å². The SMILES string of the molecule is CC1CCN(C(=O)CN2C(=O)N(C)C3(CCCCC3)C2=O)c2ccccc21. The number of imide groups is 1. The van der Waals surface area contributed by atoms with Gasteiger partial charge in [0.2, 0.25) is 5.91 Å². The Morgan fingerprint density at radius 1 is 1.15 bits per heavy atom.